The zero-order chi connectivity index (χ0) is 12.4. The monoisotopic (exact) mass is 313 g/mol. The molecule has 0 atom stereocenters. The van der Waals surface area contributed by atoms with Gasteiger partial charge in [-0.2, -0.15) is 0 Å². The van der Waals surface area contributed by atoms with Crippen molar-refractivity contribution in [3.05, 3.63) is 22.3 Å². The quantitative estimate of drug-likeness (QED) is 0.849. The Bertz CT molecular complexity index is 432. The Kier molecular flexibility index (Phi) is 3.99. The second-order valence-corrected chi connectivity index (χ2v) is 5.72. The number of thiocarbonyl (C=S) groups is 1. The van der Waals surface area contributed by atoms with Gasteiger partial charge >= 0.3 is 0 Å². The van der Waals surface area contributed by atoms with E-state index in [1.807, 2.05) is 12.3 Å². The lowest BCUT2D eigenvalue weighted by molar-refractivity contribution is 0.782. The maximum absolute atomic E-state index is 5.58. The number of hydrogen-bond donors (Lipinski definition) is 1. The fourth-order valence-electron chi connectivity index (χ4n) is 1.80. The van der Waals surface area contributed by atoms with Crippen LogP contribution in [0.3, 0.4) is 0 Å². The van der Waals surface area contributed by atoms with Crippen LogP contribution >= 0.6 is 28.1 Å². The average Bonchev–Trinajstić information content (AvgIpc) is 3.08. The van der Waals surface area contributed by atoms with E-state index in [9.17, 15) is 0 Å². The van der Waals surface area contributed by atoms with Crippen molar-refractivity contribution in [1.82, 2.24) is 4.98 Å². The first-order valence-electron chi connectivity index (χ1n) is 5.75. The summed E-state index contributed by atoms with van der Waals surface area (Å²) < 4.78 is 1.08. The normalized spacial score (nSPS) is 14.7. The second kappa shape index (κ2) is 5.31. The Balaban J connectivity index is 2.20. The molecule has 1 aliphatic rings. The zero-order valence-corrected chi connectivity index (χ0v) is 12.2. The van der Waals surface area contributed by atoms with Gasteiger partial charge in [0, 0.05) is 25.2 Å². The van der Waals surface area contributed by atoms with E-state index in [1.165, 1.54) is 18.4 Å². The number of pyridine rings is 1. The summed E-state index contributed by atoms with van der Waals surface area (Å²) in [5.41, 5.74) is 6.78. The fraction of sp³-hybridized carbons (Fsp3) is 0.500. The van der Waals surface area contributed by atoms with Gasteiger partial charge in [-0.05, 0) is 47.3 Å². The van der Waals surface area contributed by atoms with Crippen LogP contribution in [-0.2, 0) is 0 Å². The largest absolute Gasteiger partial charge is 0.393 e. The lowest BCUT2D eigenvalue weighted by Crippen LogP contribution is -2.30. The van der Waals surface area contributed by atoms with Crippen LogP contribution in [0.15, 0.2) is 16.7 Å². The van der Waals surface area contributed by atoms with Crippen molar-refractivity contribution < 1.29 is 0 Å². The molecule has 1 saturated carbocycles. The van der Waals surface area contributed by atoms with E-state index >= 15 is 0 Å². The van der Waals surface area contributed by atoms with Crippen molar-refractivity contribution in [3.63, 3.8) is 0 Å². The van der Waals surface area contributed by atoms with Crippen molar-refractivity contribution in [2.45, 2.75) is 32.2 Å². The summed E-state index contributed by atoms with van der Waals surface area (Å²) in [7, 11) is 0. The molecule has 1 heterocycles. The van der Waals surface area contributed by atoms with Gasteiger partial charge in [-0.3, -0.25) is 0 Å². The number of halogens is 1. The van der Waals surface area contributed by atoms with Gasteiger partial charge in [0.25, 0.3) is 0 Å². The number of aryl methyl sites for hydroxylation is 1. The van der Waals surface area contributed by atoms with Crippen LogP contribution in [0.2, 0.25) is 0 Å². The highest BCUT2D eigenvalue weighted by atomic mass is 79.9. The molecule has 0 spiro atoms. The molecule has 0 aromatic carbocycles. The summed E-state index contributed by atoms with van der Waals surface area (Å²) in [6.07, 6.45) is 5.07. The van der Waals surface area contributed by atoms with Crippen LogP contribution in [-0.4, -0.2) is 22.6 Å². The number of rotatable bonds is 5. The van der Waals surface area contributed by atoms with Crippen molar-refractivity contribution in [2.24, 2.45) is 5.73 Å². The number of nitrogens with zero attached hydrogens (tertiary/aromatic N) is 2. The Morgan fingerprint density at radius 2 is 2.35 bits per heavy atom. The minimum Gasteiger partial charge on any atom is -0.393 e. The molecule has 92 valence electrons. The highest BCUT2D eigenvalue weighted by molar-refractivity contribution is 9.10. The molecule has 0 saturated heterocycles. The molecular weight excluding hydrogens is 298 g/mol. The molecule has 17 heavy (non-hydrogen) atoms. The molecule has 5 heteroatoms. The van der Waals surface area contributed by atoms with E-state index < -0.39 is 0 Å². The highest BCUT2D eigenvalue weighted by Crippen LogP contribution is 2.35. The fourth-order valence-corrected chi connectivity index (χ4v) is 2.36. The molecule has 0 radical (unpaired) electrons. The lowest BCUT2D eigenvalue weighted by atomic mass is 10.2. The molecule has 1 fully saturated rings. The van der Waals surface area contributed by atoms with Gasteiger partial charge in [-0.15, -0.1) is 0 Å². The van der Waals surface area contributed by atoms with Gasteiger partial charge in [-0.25, -0.2) is 4.98 Å². The van der Waals surface area contributed by atoms with E-state index in [2.05, 4.69) is 32.7 Å². The average molecular weight is 314 g/mol. The standard InChI is InChI=1S/C12H16BrN3S/c1-8-4-6-15-12(11(8)13)16(9-2-3-9)7-5-10(14)17/h4,6,9H,2-3,5,7H2,1H3,(H2,14,17). The van der Waals surface area contributed by atoms with Crippen molar-refractivity contribution in [2.75, 3.05) is 11.4 Å². The van der Waals surface area contributed by atoms with E-state index in [1.54, 1.807) is 0 Å². The van der Waals surface area contributed by atoms with Gasteiger partial charge in [-0.1, -0.05) is 12.2 Å². The van der Waals surface area contributed by atoms with E-state index in [0.717, 1.165) is 23.3 Å². The summed E-state index contributed by atoms with van der Waals surface area (Å²) >= 11 is 8.56. The third-order valence-electron chi connectivity index (χ3n) is 2.92. The summed E-state index contributed by atoms with van der Waals surface area (Å²) in [6, 6.07) is 2.61. The first kappa shape index (κ1) is 12.8. The molecule has 1 aromatic rings. The first-order chi connectivity index (χ1) is 8.09. The molecule has 1 aliphatic carbocycles. The third-order valence-corrected chi connectivity index (χ3v) is 4.11. The molecule has 2 rings (SSSR count). The van der Waals surface area contributed by atoms with Gasteiger partial charge < -0.3 is 10.6 Å². The van der Waals surface area contributed by atoms with Crippen molar-refractivity contribution >= 4 is 39.0 Å². The maximum atomic E-state index is 5.58. The zero-order valence-electron chi connectivity index (χ0n) is 9.82. The first-order valence-corrected chi connectivity index (χ1v) is 6.95. The molecule has 0 bridgehead atoms. The lowest BCUT2D eigenvalue weighted by Gasteiger charge is -2.24. The molecular formula is C12H16BrN3S. The van der Waals surface area contributed by atoms with Crippen LogP contribution < -0.4 is 10.6 Å². The summed E-state index contributed by atoms with van der Waals surface area (Å²) in [5.74, 6) is 1.02. The number of anilines is 1. The Hall–Kier alpha value is -0.680. The van der Waals surface area contributed by atoms with Crippen LogP contribution in [0.4, 0.5) is 5.82 Å². The SMILES string of the molecule is Cc1ccnc(N(CCC(N)=S)C2CC2)c1Br. The van der Waals surface area contributed by atoms with Crippen LogP contribution in [0.1, 0.15) is 24.8 Å². The number of hydrogen-bond acceptors (Lipinski definition) is 3. The maximum Gasteiger partial charge on any atom is 0.143 e. The summed E-state index contributed by atoms with van der Waals surface area (Å²) in [6.45, 7) is 2.93. The molecule has 1 aromatic heterocycles. The molecule has 0 unspecified atom stereocenters. The number of nitrogens with two attached hydrogens (primary N) is 1. The third kappa shape index (κ3) is 3.16. The minimum atomic E-state index is 0.569. The topological polar surface area (TPSA) is 42.2 Å². The van der Waals surface area contributed by atoms with E-state index in [0.29, 0.717) is 11.0 Å². The van der Waals surface area contributed by atoms with Crippen LogP contribution in [0.25, 0.3) is 0 Å². The predicted octanol–water partition coefficient (Wildman–Crippen LogP) is 2.80. The second-order valence-electron chi connectivity index (χ2n) is 4.41. The van der Waals surface area contributed by atoms with Gasteiger partial charge in [0.05, 0.1) is 9.46 Å². The number of aromatic nitrogens is 1. The minimum absolute atomic E-state index is 0.569. The van der Waals surface area contributed by atoms with Crippen molar-refractivity contribution in [1.29, 1.82) is 0 Å². The Morgan fingerprint density at radius 3 is 2.94 bits per heavy atom. The van der Waals surface area contributed by atoms with Gasteiger partial charge in [0.15, 0.2) is 0 Å². The molecule has 0 aliphatic heterocycles. The molecule has 3 nitrogen and oxygen atoms in total. The highest BCUT2D eigenvalue weighted by Gasteiger charge is 2.31. The van der Waals surface area contributed by atoms with E-state index in [-0.39, 0.29) is 0 Å². The Morgan fingerprint density at radius 1 is 1.65 bits per heavy atom. The van der Waals surface area contributed by atoms with Crippen LogP contribution in [0.5, 0.6) is 0 Å². The summed E-state index contributed by atoms with van der Waals surface area (Å²) in [4.78, 5) is 7.36. The van der Waals surface area contributed by atoms with Gasteiger partial charge in [0.1, 0.15) is 5.82 Å². The predicted molar refractivity (Wildman–Crippen MR) is 78.4 cm³/mol. The van der Waals surface area contributed by atoms with Crippen LogP contribution in [0, 0.1) is 6.92 Å². The molecule has 2 N–H and O–H groups in total. The summed E-state index contributed by atoms with van der Waals surface area (Å²) in [5, 5.41) is 0. The molecule has 0 amide bonds. The van der Waals surface area contributed by atoms with Crippen molar-refractivity contribution in [3.8, 4) is 0 Å². The van der Waals surface area contributed by atoms with Gasteiger partial charge in [0.2, 0.25) is 0 Å². The van der Waals surface area contributed by atoms with E-state index in [4.69, 9.17) is 18.0 Å². The Labute approximate surface area is 116 Å². The smallest absolute Gasteiger partial charge is 0.143 e.